The Bertz CT molecular complexity index is 1190. The van der Waals surface area contributed by atoms with E-state index in [4.69, 9.17) is 9.15 Å². The Morgan fingerprint density at radius 1 is 1.24 bits per heavy atom. The van der Waals surface area contributed by atoms with Gasteiger partial charge in [-0.1, -0.05) is 30.3 Å². The van der Waals surface area contributed by atoms with Gasteiger partial charge in [0, 0.05) is 29.3 Å². The highest BCUT2D eigenvalue weighted by molar-refractivity contribution is 6.06. The number of anilines is 1. The van der Waals surface area contributed by atoms with E-state index in [-0.39, 0.29) is 18.3 Å². The number of benzene rings is 2. The molecule has 29 heavy (non-hydrogen) atoms. The molecule has 1 saturated carbocycles. The van der Waals surface area contributed by atoms with Crippen molar-refractivity contribution in [2.24, 2.45) is 0 Å². The Kier molecular flexibility index (Phi) is 4.33. The first-order chi connectivity index (χ1) is 14.2. The van der Waals surface area contributed by atoms with Crippen molar-refractivity contribution in [2.75, 3.05) is 12.4 Å². The van der Waals surface area contributed by atoms with E-state index < -0.39 is 0 Å². The Morgan fingerprint density at radius 3 is 2.93 bits per heavy atom. The molecule has 0 aliphatic heterocycles. The molecule has 0 unspecified atom stereocenters. The van der Waals surface area contributed by atoms with Crippen molar-refractivity contribution in [1.82, 2.24) is 20.2 Å². The Morgan fingerprint density at radius 2 is 2.10 bits per heavy atom. The highest BCUT2D eigenvalue weighted by atomic mass is 16.5. The molecule has 2 aromatic carbocycles. The number of nitrogens with zero attached hydrogens (tertiary/aromatic N) is 4. The topological polar surface area (TPSA) is 95.1 Å². The average Bonchev–Trinajstić information content (AvgIpc) is 3.34. The van der Waals surface area contributed by atoms with Gasteiger partial charge in [0.05, 0.1) is 12.6 Å². The molecule has 0 radical (unpaired) electrons. The van der Waals surface area contributed by atoms with Crippen LogP contribution in [0, 0.1) is 0 Å². The van der Waals surface area contributed by atoms with Crippen molar-refractivity contribution in [1.29, 1.82) is 0 Å². The van der Waals surface area contributed by atoms with Crippen molar-refractivity contribution in [3.8, 4) is 11.4 Å². The van der Waals surface area contributed by atoms with E-state index in [2.05, 4.69) is 20.8 Å². The SMILES string of the molecule is COCc1c(C(=O)Nc2cccc(-c3nnnn3C3CC3)c2)oc2ccccc12. The number of carbonyl (C=O) groups is 1. The Balaban J connectivity index is 1.45. The predicted molar refractivity (Wildman–Crippen MR) is 106 cm³/mol. The molecule has 2 aromatic heterocycles. The van der Waals surface area contributed by atoms with Gasteiger partial charge in [0.15, 0.2) is 11.6 Å². The Hall–Kier alpha value is -3.52. The first-order valence-corrected chi connectivity index (χ1v) is 9.43. The number of nitrogens with one attached hydrogen (secondary N) is 1. The van der Waals surface area contributed by atoms with Crippen molar-refractivity contribution < 1.29 is 13.9 Å². The zero-order chi connectivity index (χ0) is 19.8. The molecule has 2 heterocycles. The third-order valence-electron chi connectivity index (χ3n) is 4.96. The lowest BCUT2D eigenvalue weighted by molar-refractivity contribution is 0.0992. The standard InChI is InChI=1S/C21H19N5O3/c1-28-12-17-16-7-2-3-8-18(16)29-19(17)21(27)22-14-6-4-5-13(11-14)20-23-24-25-26(20)15-9-10-15/h2-8,11,15H,9-10,12H2,1H3,(H,22,27). The minimum absolute atomic E-state index is 0.251. The summed E-state index contributed by atoms with van der Waals surface area (Å²) in [4.78, 5) is 13.0. The van der Waals surface area contributed by atoms with E-state index >= 15 is 0 Å². The summed E-state index contributed by atoms with van der Waals surface area (Å²) in [6.07, 6.45) is 2.17. The number of tetrazole rings is 1. The van der Waals surface area contributed by atoms with Crippen LogP contribution in [0.2, 0.25) is 0 Å². The predicted octanol–water partition coefficient (Wildman–Crippen LogP) is 3.82. The fraction of sp³-hybridized carbons (Fsp3) is 0.238. The molecule has 1 N–H and O–H groups in total. The molecule has 4 aromatic rings. The highest BCUT2D eigenvalue weighted by Gasteiger charge is 2.28. The minimum atomic E-state index is -0.327. The molecule has 8 nitrogen and oxygen atoms in total. The third kappa shape index (κ3) is 3.27. The van der Waals surface area contributed by atoms with Crippen LogP contribution < -0.4 is 5.32 Å². The second-order valence-corrected chi connectivity index (χ2v) is 7.05. The van der Waals surface area contributed by atoms with Gasteiger partial charge in [-0.25, -0.2) is 4.68 Å². The molecule has 1 aliphatic rings. The number of amides is 1. The summed E-state index contributed by atoms with van der Waals surface area (Å²) in [5.74, 6) is 0.626. The van der Waals surface area contributed by atoms with Gasteiger partial charge in [-0.2, -0.15) is 0 Å². The zero-order valence-electron chi connectivity index (χ0n) is 15.8. The number of ether oxygens (including phenoxy) is 1. The summed E-state index contributed by atoms with van der Waals surface area (Å²) < 4.78 is 12.9. The maximum Gasteiger partial charge on any atom is 0.291 e. The van der Waals surface area contributed by atoms with Crippen molar-refractivity contribution in [3.63, 3.8) is 0 Å². The number of hydrogen-bond donors (Lipinski definition) is 1. The van der Waals surface area contributed by atoms with Crippen molar-refractivity contribution in [2.45, 2.75) is 25.5 Å². The number of para-hydroxylation sites is 1. The number of hydrogen-bond acceptors (Lipinski definition) is 6. The minimum Gasteiger partial charge on any atom is -0.451 e. The molecule has 5 rings (SSSR count). The number of fused-ring (bicyclic) bond motifs is 1. The molecule has 0 bridgehead atoms. The van der Waals surface area contributed by atoms with E-state index in [1.54, 1.807) is 7.11 Å². The van der Waals surface area contributed by atoms with E-state index in [1.807, 2.05) is 53.2 Å². The van der Waals surface area contributed by atoms with Crippen LogP contribution in [0.25, 0.3) is 22.4 Å². The summed E-state index contributed by atoms with van der Waals surface area (Å²) >= 11 is 0. The smallest absolute Gasteiger partial charge is 0.291 e. The van der Waals surface area contributed by atoms with Crippen molar-refractivity contribution >= 4 is 22.6 Å². The molecule has 1 amide bonds. The molecule has 146 valence electrons. The summed E-state index contributed by atoms with van der Waals surface area (Å²) in [5, 5.41) is 15.8. The van der Waals surface area contributed by atoms with Gasteiger partial charge in [-0.15, -0.1) is 5.10 Å². The maximum atomic E-state index is 13.0. The maximum absolute atomic E-state index is 13.0. The summed E-state index contributed by atoms with van der Waals surface area (Å²) in [6.45, 7) is 0.288. The molecule has 1 fully saturated rings. The van der Waals surface area contributed by atoms with Gasteiger partial charge in [-0.05, 0) is 41.5 Å². The van der Waals surface area contributed by atoms with Crippen LogP contribution in [-0.4, -0.2) is 33.2 Å². The number of rotatable bonds is 6. The lowest BCUT2D eigenvalue weighted by Gasteiger charge is -2.08. The fourth-order valence-electron chi connectivity index (χ4n) is 3.44. The van der Waals surface area contributed by atoms with Gasteiger partial charge in [-0.3, -0.25) is 4.79 Å². The van der Waals surface area contributed by atoms with Gasteiger partial charge < -0.3 is 14.5 Å². The first kappa shape index (κ1) is 17.6. The van der Waals surface area contributed by atoms with Crippen LogP contribution in [0.5, 0.6) is 0 Å². The normalized spacial score (nSPS) is 13.7. The molecule has 8 heteroatoms. The van der Waals surface area contributed by atoms with E-state index in [1.165, 1.54) is 0 Å². The van der Waals surface area contributed by atoms with Crippen molar-refractivity contribution in [3.05, 3.63) is 59.9 Å². The van der Waals surface area contributed by atoms with Crippen LogP contribution in [0.15, 0.2) is 52.9 Å². The van der Waals surface area contributed by atoms with E-state index in [9.17, 15) is 4.79 Å². The Labute approximate surface area is 166 Å². The summed E-state index contributed by atoms with van der Waals surface area (Å²) in [7, 11) is 1.59. The molecule has 1 aliphatic carbocycles. The number of methoxy groups -OCH3 is 1. The second-order valence-electron chi connectivity index (χ2n) is 7.05. The van der Waals surface area contributed by atoms with Gasteiger partial charge in [0.25, 0.3) is 5.91 Å². The molecule has 0 spiro atoms. The van der Waals surface area contributed by atoms with E-state index in [0.29, 0.717) is 23.1 Å². The quantitative estimate of drug-likeness (QED) is 0.539. The van der Waals surface area contributed by atoms with Gasteiger partial charge >= 0.3 is 0 Å². The number of carbonyl (C=O) groups excluding carboxylic acids is 1. The molecular formula is C21H19N5O3. The fourth-order valence-corrected chi connectivity index (χ4v) is 3.44. The summed E-state index contributed by atoms with van der Waals surface area (Å²) in [5.41, 5.74) is 2.87. The zero-order valence-corrected chi connectivity index (χ0v) is 15.8. The van der Waals surface area contributed by atoms with Crippen LogP contribution >= 0.6 is 0 Å². The molecular weight excluding hydrogens is 370 g/mol. The van der Waals surface area contributed by atoms with E-state index in [0.717, 1.165) is 29.4 Å². The van der Waals surface area contributed by atoms with Gasteiger partial charge in [0.2, 0.25) is 0 Å². The first-order valence-electron chi connectivity index (χ1n) is 9.43. The monoisotopic (exact) mass is 389 g/mol. The molecule has 0 atom stereocenters. The highest BCUT2D eigenvalue weighted by Crippen LogP contribution is 2.37. The number of aromatic nitrogens is 4. The van der Waals surface area contributed by atoms with Gasteiger partial charge in [0.1, 0.15) is 5.58 Å². The van der Waals surface area contributed by atoms with Crippen LogP contribution in [-0.2, 0) is 11.3 Å². The largest absolute Gasteiger partial charge is 0.451 e. The lowest BCUT2D eigenvalue weighted by atomic mass is 10.1. The molecule has 0 saturated heterocycles. The van der Waals surface area contributed by atoms with Crippen LogP contribution in [0.1, 0.15) is 35.0 Å². The third-order valence-corrected chi connectivity index (χ3v) is 4.96. The number of furan rings is 1. The second kappa shape index (κ2) is 7.14. The average molecular weight is 389 g/mol. The van der Waals surface area contributed by atoms with Crippen LogP contribution in [0.4, 0.5) is 5.69 Å². The summed E-state index contributed by atoms with van der Waals surface area (Å²) in [6, 6.07) is 15.4. The van der Waals surface area contributed by atoms with Crippen LogP contribution in [0.3, 0.4) is 0 Å². The lowest BCUT2D eigenvalue weighted by Crippen LogP contribution is -2.13.